The third kappa shape index (κ3) is 2.80. The molecule has 0 saturated carbocycles. The van der Waals surface area contributed by atoms with Crippen LogP contribution in [0.15, 0.2) is 54.6 Å². The highest BCUT2D eigenvalue weighted by molar-refractivity contribution is 6.98. The zero-order valence-electron chi connectivity index (χ0n) is 23.2. The van der Waals surface area contributed by atoms with Gasteiger partial charge in [-0.15, -0.1) is 0 Å². The van der Waals surface area contributed by atoms with Crippen LogP contribution in [-0.2, 0) is 23.7 Å². The fourth-order valence-electron chi connectivity index (χ4n) is 7.67. The minimum absolute atomic E-state index is 0.0379. The number of hydrogen-bond acceptors (Lipinski definition) is 2. The van der Waals surface area contributed by atoms with Crippen LogP contribution >= 0.6 is 0 Å². The molecule has 0 atom stereocenters. The zero-order chi connectivity index (χ0) is 26.1. The Morgan fingerprint density at radius 1 is 0.816 bits per heavy atom. The van der Waals surface area contributed by atoms with Crippen molar-refractivity contribution in [2.75, 3.05) is 0 Å². The second-order valence-electron chi connectivity index (χ2n) is 13.3. The van der Waals surface area contributed by atoms with E-state index < -0.39 is 0 Å². The summed E-state index contributed by atoms with van der Waals surface area (Å²) in [6, 6.07) is 20.6. The Bertz CT molecular complexity index is 1720. The minimum atomic E-state index is -0.0379. The van der Waals surface area contributed by atoms with E-state index >= 15 is 0 Å². The summed E-state index contributed by atoms with van der Waals surface area (Å²) < 4.78 is 13.5. The molecule has 38 heavy (non-hydrogen) atoms. The normalized spacial score (nSPS) is 16.9. The Balaban J connectivity index is 1.43. The predicted molar refractivity (Wildman–Crippen MR) is 157 cm³/mol. The number of aryl methyl sites for hydroxylation is 2. The molecule has 4 aliphatic rings. The first-order chi connectivity index (χ1) is 18.1. The maximum Gasteiger partial charge on any atom is 0.260 e. The van der Waals surface area contributed by atoms with E-state index in [1.54, 1.807) is 5.56 Å². The molecule has 0 aromatic heterocycles. The van der Waals surface area contributed by atoms with Crippen LogP contribution < -0.4 is 25.9 Å². The molecule has 0 radical (unpaired) electrons. The molecule has 0 unspecified atom stereocenters. The average Bonchev–Trinajstić information content (AvgIpc) is 3.43. The van der Waals surface area contributed by atoms with Crippen LogP contribution in [0.1, 0.15) is 74.4 Å². The molecule has 0 fully saturated rings. The molecule has 0 bridgehead atoms. The Morgan fingerprint density at radius 2 is 1.61 bits per heavy atom. The molecule has 4 aromatic carbocycles. The highest BCUT2D eigenvalue weighted by atomic mass is 16.5. The smallest absolute Gasteiger partial charge is 0.260 e. The quantitative estimate of drug-likeness (QED) is 0.215. The number of hydrogen-bond donors (Lipinski definition) is 0. The summed E-state index contributed by atoms with van der Waals surface area (Å²) in [6.45, 7) is 13.9. The minimum Gasteiger partial charge on any atom is -0.458 e. The molecule has 4 aromatic rings. The molecule has 0 spiro atoms. The van der Waals surface area contributed by atoms with Crippen LogP contribution in [0.2, 0.25) is 0 Å². The van der Waals surface area contributed by atoms with Crippen molar-refractivity contribution in [2.24, 2.45) is 0 Å². The van der Waals surface area contributed by atoms with E-state index in [0.717, 1.165) is 34.0 Å². The monoisotopic (exact) mass is 496 g/mol. The Labute approximate surface area is 226 Å². The van der Waals surface area contributed by atoms with Gasteiger partial charge in [-0.05, 0) is 99.7 Å². The molecule has 3 heteroatoms. The lowest BCUT2D eigenvalue weighted by atomic mass is 9.34. The number of benzene rings is 4. The second-order valence-corrected chi connectivity index (χ2v) is 13.3. The third-order valence-corrected chi connectivity index (χ3v) is 9.51. The van der Waals surface area contributed by atoms with Gasteiger partial charge in [0, 0.05) is 16.4 Å². The summed E-state index contributed by atoms with van der Waals surface area (Å²) in [6.07, 6.45) is 3.65. The molecule has 0 saturated heterocycles. The van der Waals surface area contributed by atoms with E-state index in [9.17, 15) is 0 Å². The van der Waals surface area contributed by atoms with Gasteiger partial charge in [-0.3, -0.25) is 0 Å². The van der Waals surface area contributed by atoms with Gasteiger partial charge in [0.05, 0.1) is 0 Å². The van der Waals surface area contributed by atoms with Gasteiger partial charge >= 0.3 is 0 Å². The van der Waals surface area contributed by atoms with Crippen molar-refractivity contribution < 1.29 is 9.47 Å². The lowest BCUT2D eigenvalue weighted by Crippen LogP contribution is -2.57. The maximum atomic E-state index is 6.95. The van der Waals surface area contributed by atoms with E-state index in [1.807, 2.05) is 0 Å². The van der Waals surface area contributed by atoms with E-state index in [-0.39, 0.29) is 17.5 Å². The summed E-state index contributed by atoms with van der Waals surface area (Å²) in [7, 11) is 0. The Morgan fingerprint density at radius 3 is 2.39 bits per heavy atom. The summed E-state index contributed by atoms with van der Waals surface area (Å²) in [5, 5.41) is 0. The van der Waals surface area contributed by atoms with Gasteiger partial charge in [0.1, 0.15) is 23.0 Å². The molecule has 188 valence electrons. The summed E-state index contributed by atoms with van der Waals surface area (Å²) in [5.74, 6) is 3.85. The topological polar surface area (TPSA) is 18.5 Å². The fourth-order valence-corrected chi connectivity index (χ4v) is 7.67. The van der Waals surface area contributed by atoms with Crippen molar-refractivity contribution in [1.82, 2.24) is 0 Å². The number of fused-ring (bicyclic) bond motifs is 10. The zero-order valence-corrected chi connectivity index (χ0v) is 23.2. The largest absolute Gasteiger partial charge is 0.458 e. The molecule has 2 aliphatic heterocycles. The van der Waals surface area contributed by atoms with E-state index in [2.05, 4.69) is 96.1 Å². The van der Waals surface area contributed by atoms with Crippen molar-refractivity contribution in [2.45, 2.75) is 71.6 Å². The molecule has 2 nitrogen and oxygen atoms in total. The standard InChI is InChI=1S/C35H33BO2/c1-19-16-28-32-29(17-19)38-33-25(36(32)26-18-21(34(2,3)4)11-15-27(26)37-28)14-13-24-30(33)23-12-10-20-8-7-9-22(20)31(23)35(24,5)6/h10-18H,7-9H2,1-6H3. The van der Waals surface area contributed by atoms with E-state index in [4.69, 9.17) is 9.47 Å². The first kappa shape index (κ1) is 22.5. The third-order valence-electron chi connectivity index (χ3n) is 9.51. The van der Waals surface area contributed by atoms with Crippen molar-refractivity contribution in [3.05, 3.63) is 88.0 Å². The first-order valence-corrected chi connectivity index (χ1v) is 14.1. The lowest BCUT2D eigenvalue weighted by molar-refractivity contribution is 0.463. The van der Waals surface area contributed by atoms with Crippen molar-refractivity contribution in [3.8, 4) is 34.1 Å². The van der Waals surface area contributed by atoms with Crippen LogP contribution in [0.3, 0.4) is 0 Å². The SMILES string of the molecule is Cc1cc2c3c(c1)Oc1c(ccc4c1-c1ccc5c(c1C4(C)C)CCC5)B3c1cc(C(C)(C)C)ccc1O2. The molecule has 0 amide bonds. The summed E-state index contributed by atoms with van der Waals surface area (Å²) >= 11 is 0. The first-order valence-electron chi connectivity index (χ1n) is 14.1. The van der Waals surface area contributed by atoms with Gasteiger partial charge in [0.25, 0.3) is 6.71 Å². The second kappa shape index (κ2) is 7.14. The van der Waals surface area contributed by atoms with Gasteiger partial charge in [-0.2, -0.15) is 0 Å². The fraction of sp³-hybridized carbons (Fsp3) is 0.314. The van der Waals surface area contributed by atoms with Crippen LogP contribution in [0, 0.1) is 6.92 Å². The Hall–Kier alpha value is -3.46. The molecular formula is C35H33BO2. The van der Waals surface area contributed by atoms with E-state index in [1.165, 1.54) is 63.6 Å². The van der Waals surface area contributed by atoms with Crippen molar-refractivity contribution in [3.63, 3.8) is 0 Å². The van der Waals surface area contributed by atoms with Gasteiger partial charge in [-0.1, -0.05) is 71.0 Å². The van der Waals surface area contributed by atoms with Gasteiger partial charge in [0.15, 0.2) is 0 Å². The van der Waals surface area contributed by atoms with Crippen LogP contribution in [0.25, 0.3) is 11.1 Å². The summed E-state index contributed by atoms with van der Waals surface area (Å²) in [5.41, 5.74) is 14.9. The van der Waals surface area contributed by atoms with Crippen molar-refractivity contribution >= 4 is 23.1 Å². The van der Waals surface area contributed by atoms with Gasteiger partial charge in [-0.25, -0.2) is 0 Å². The number of ether oxygens (including phenoxy) is 2. The highest BCUT2D eigenvalue weighted by Crippen LogP contribution is 2.55. The highest BCUT2D eigenvalue weighted by Gasteiger charge is 2.46. The Kier molecular flexibility index (Phi) is 4.23. The van der Waals surface area contributed by atoms with Crippen LogP contribution in [0.5, 0.6) is 23.0 Å². The van der Waals surface area contributed by atoms with E-state index in [0.29, 0.717) is 0 Å². The molecule has 2 aliphatic carbocycles. The van der Waals surface area contributed by atoms with Gasteiger partial charge in [0.2, 0.25) is 0 Å². The summed E-state index contributed by atoms with van der Waals surface area (Å²) in [4.78, 5) is 0. The molecular weight excluding hydrogens is 463 g/mol. The molecule has 2 heterocycles. The van der Waals surface area contributed by atoms with Crippen LogP contribution in [0.4, 0.5) is 0 Å². The average molecular weight is 496 g/mol. The molecule has 0 N–H and O–H groups in total. The van der Waals surface area contributed by atoms with Crippen LogP contribution in [-0.4, -0.2) is 6.71 Å². The predicted octanol–water partition coefficient (Wildman–Crippen LogP) is 6.82. The maximum absolute atomic E-state index is 6.95. The van der Waals surface area contributed by atoms with Gasteiger partial charge < -0.3 is 9.47 Å². The van der Waals surface area contributed by atoms with Crippen molar-refractivity contribution in [1.29, 1.82) is 0 Å². The lowest BCUT2D eigenvalue weighted by Gasteiger charge is -2.35. The molecule has 8 rings (SSSR count). The number of rotatable bonds is 0.